The standard InChI is InChI=1S/C12H19NO.C11H17NO2.2C11H17NO.2C10H15NO2/c1-8-7-11(14)9(2)10(3)13(8)12(4,5)6;1-7-8(2)12(11(3,4)5)10(14)6-9(7)13;1-8-7-12(11(3,4)5)9(2)6-10(8)13;1-8-6-10(13)7-9(2)12(8)11(3,4)5;1-7-6-11(10(2,3)4)9(13)5-8(7)12;1-7-5-8(12)6-9(13)11(7)10(2,3)4/h7,14H,1H2,2-6H3;6,13H,1-5H3;6-7,13H,2H2,1,3-5H3;6-7,13H,1H2,2-5H3;2*5-6,12H,1-4H3. The van der Waals surface area contributed by atoms with E-state index in [0.717, 1.165) is 62.1 Å². The van der Waals surface area contributed by atoms with Gasteiger partial charge in [-0.05, 0) is 192 Å². The van der Waals surface area contributed by atoms with Crippen LogP contribution in [0.15, 0.2) is 152 Å². The van der Waals surface area contributed by atoms with Crippen molar-refractivity contribution in [2.24, 2.45) is 0 Å². The van der Waals surface area contributed by atoms with Crippen LogP contribution < -0.4 is 16.7 Å². The van der Waals surface area contributed by atoms with Gasteiger partial charge in [0.1, 0.15) is 34.5 Å². The van der Waals surface area contributed by atoms with E-state index in [1.165, 1.54) is 18.2 Å². The zero-order valence-electron chi connectivity index (χ0n) is 53.5. The fraction of sp³-hybridized carbons (Fsp3) is 0.492. The highest BCUT2D eigenvalue weighted by Gasteiger charge is 2.29. The van der Waals surface area contributed by atoms with Crippen LogP contribution in [0.3, 0.4) is 0 Å². The highest BCUT2D eigenvalue weighted by atomic mass is 16.3. The summed E-state index contributed by atoms with van der Waals surface area (Å²) in [5.41, 5.74) is 8.29. The molecule has 15 nitrogen and oxygen atoms in total. The maximum atomic E-state index is 11.7. The number of aromatic hydroxyl groups is 3. The van der Waals surface area contributed by atoms with Crippen molar-refractivity contribution in [2.75, 3.05) is 0 Å². The Morgan fingerprint density at radius 2 is 0.900 bits per heavy atom. The van der Waals surface area contributed by atoms with Crippen molar-refractivity contribution in [3.05, 3.63) is 191 Å². The molecule has 3 aromatic heterocycles. The Morgan fingerprint density at radius 1 is 0.450 bits per heavy atom. The number of nitrogens with zero attached hydrogens (tertiary/aromatic N) is 6. The molecule has 0 aromatic carbocycles. The smallest absolute Gasteiger partial charge is 0.254 e. The van der Waals surface area contributed by atoms with Gasteiger partial charge in [0, 0.05) is 144 Å². The topological polar surface area (TPSA) is 197 Å². The molecule has 0 spiro atoms. The summed E-state index contributed by atoms with van der Waals surface area (Å²) in [5.74, 6) is 1.09. The lowest BCUT2D eigenvalue weighted by Crippen LogP contribution is -2.40. The molecule has 0 saturated heterocycles. The molecule has 0 saturated carbocycles. The molecule has 0 bridgehead atoms. The van der Waals surface area contributed by atoms with Gasteiger partial charge in [0.2, 0.25) is 0 Å². The summed E-state index contributed by atoms with van der Waals surface area (Å²) in [6.07, 6.45) is 10.4. The summed E-state index contributed by atoms with van der Waals surface area (Å²) in [4.78, 5) is 40.9. The van der Waals surface area contributed by atoms with E-state index < -0.39 is 0 Å². The quantitative estimate of drug-likeness (QED) is 0.125. The van der Waals surface area contributed by atoms with Crippen molar-refractivity contribution in [2.45, 2.75) is 213 Å². The molecule has 444 valence electrons. The van der Waals surface area contributed by atoms with Gasteiger partial charge in [-0.15, -0.1) is 0 Å². The minimum Gasteiger partial charge on any atom is -0.508 e. The van der Waals surface area contributed by atoms with Crippen molar-refractivity contribution < 1.29 is 30.6 Å². The van der Waals surface area contributed by atoms with Gasteiger partial charge in [-0.2, -0.15) is 0 Å². The fourth-order valence-corrected chi connectivity index (χ4v) is 9.22. The number of aliphatic hydroxyl groups excluding tert-OH is 3. The second kappa shape index (κ2) is 26.3. The van der Waals surface area contributed by atoms with Crippen LogP contribution in [0, 0.1) is 27.7 Å². The van der Waals surface area contributed by atoms with Gasteiger partial charge < -0.3 is 59.0 Å². The molecule has 0 amide bonds. The van der Waals surface area contributed by atoms with E-state index in [0.29, 0.717) is 11.5 Å². The average Bonchev–Trinajstić information content (AvgIpc) is 3.22. The van der Waals surface area contributed by atoms with Gasteiger partial charge in [-0.3, -0.25) is 14.4 Å². The highest BCUT2D eigenvalue weighted by molar-refractivity contribution is 5.41. The summed E-state index contributed by atoms with van der Waals surface area (Å²) in [6.45, 7) is 63.5. The van der Waals surface area contributed by atoms with Crippen molar-refractivity contribution >= 4 is 0 Å². The van der Waals surface area contributed by atoms with E-state index in [1.54, 1.807) is 57.2 Å². The van der Waals surface area contributed by atoms with Crippen LogP contribution in [0.4, 0.5) is 0 Å². The first-order chi connectivity index (χ1) is 35.8. The lowest BCUT2D eigenvalue weighted by molar-refractivity contribution is 0.234. The van der Waals surface area contributed by atoms with E-state index in [-0.39, 0.29) is 72.9 Å². The Balaban J connectivity index is 0.000000480. The first-order valence-electron chi connectivity index (χ1n) is 26.8. The molecule has 80 heavy (non-hydrogen) atoms. The number of rotatable bonds is 0. The molecule has 0 unspecified atom stereocenters. The van der Waals surface area contributed by atoms with Crippen molar-refractivity contribution in [3.63, 3.8) is 0 Å². The first-order valence-corrected chi connectivity index (χ1v) is 26.8. The molecular weight excluding hydrogens is 1010 g/mol. The summed E-state index contributed by atoms with van der Waals surface area (Å²) in [5, 5.41) is 56.3. The molecule has 0 fully saturated rings. The number of aromatic nitrogens is 3. The second-order valence-electron chi connectivity index (χ2n) is 26.5. The average molecular weight is 1110 g/mol. The molecular formula is C65H100N6O9. The normalized spacial score (nSPS) is 15.2. The molecule has 3 aromatic rings. The van der Waals surface area contributed by atoms with E-state index in [4.69, 9.17) is 0 Å². The fourth-order valence-electron chi connectivity index (χ4n) is 9.22. The monoisotopic (exact) mass is 1110 g/mol. The molecule has 0 atom stereocenters. The van der Waals surface area contributed by atoms with Crippen molar-refractivity contribution in [1.82, 2.24) is 28.4 Å². The summed E-state index contributed by atoms with van der Waals surface area (Å²) in [6, 6.07) is 5.35. The summed E-state index contributed by atoms with van der Waals surface area (Å²) in [7, 11) is 0. The summed E-state index contributed by atoms with van der Waals surface area (Å²) < 4.78 is 4.97. The number of allylic oxidation sites excluding steroid dienone is 8. The van der Waals surface area contributed by atoms with Gasteiger partial charge in [-0.25, -0.2) is 0 Å². The third-order valence-corrected chi connectivity index (χ3v) is 12.8. The van der Waals surface area contributed by atoms with Crippen LogP contribution in [0.2, 0.25) is 0 Å². The van der Waals surface area contributed by atoms with E-state index >= 15 is 0 Å². The maximum Gasteiger partial charge on any atom is 0.254 e. The predicted octanol–water partition coefficient (Wildman–Crippen LogP) is 14.4. The van der Waals surface area contributed by atoms with E-state index in [2.05, 4.69) is 96.8 Å². The number of hydrogen-bond acceptors (Lipinski definition) is 12. The lowest BCUT2D eigenvalue weighted by Gasteiger charge is -2.41. The third kappa shape index (κ3) is 19.5. The van der Waals surface area contributed by atoms with Gasteiger partial charge in [0.25, 0.3) is 16.7 Å². The van der Waals surface area contributed by atoms with E-state index in [9.17, 15) is 45.0 Å². The zero-order chi connectivity index (χ0) is 63.1. The summed E-state index contributed by atoms with van der Waals surface area (Å²) >= 11 is 0. The van der Waals surface area contributed by atoms with Crippen LogP contribution in [0.25, 0.3) is 0 Å². The molecule has 6 heterocycles. The Kier molecular flexibility index (Phi) is 23.3. The van der Waals surface area contributed by atoms with Gasteiger partial charge >= 0.3 is 0 Å². The van der Waals surface area contributed by atoms with E-state index in [1.807, 2.05) is 117 Å². The van der Waals surface area contributed by atoms with Crippen LogP contribution in [0.5, 0.6) is 17.2 Å². The third-order valence-electron chi connectivity index (χ3n) is 12.8. The van der Waals surface area contributed by atoms with Crippen LogP contribution in [0.1, 0.15) is 175 Å². The van der Waals surface area contributed by atoms with Gasteiger partial charge in [0.05, 0.1) is 0 Å². The molecule has 15 heteroatoms. The van der Waals surface area contributed by atoms with Crippen molar-refractivity contribution in [1.29, 1.82) is 0 Å². The minimum absolute atomic E-state index is 0.000370. The maximum absolute atomic E-state index is 11.7. The molecule has 6 rings (SSSR count). The molecule has 6 N–H and O–H groups in total. The Morgan fingerprint density at radius 3 is 1.32 bits per heavy atom. The minimum atomic E-state index is -0.250. The Labute approximate surface area is 478 Å². The van der Waals surface area contributed by atoms with Gasteiger partial charge in [-0.1, -0.05) is 19.7 Å². The Hall–Kier alpha value is -7.29. The second-order valence-corrected chi connectivity index (χ2v) is 26.5. The predicted molar refractivity (Wildman–Crippen MR) is 331 cm³/mol. The number of aliphatic hydroxyl groups is 3. The first kappa shape index (κ1) is 70.7. The van der Waals surface area contributed by atoms with Crippen LogP contribution in [-0.4, -0.2) is 75.7 Å². The van der Waals surface area contributed by atoms with Gasteiger partial charge in [0.15, 0.2) is 0 Å². The number of aryl methyl sites for hydroxylation is 2. The van der Waals surface area contributed by atoms with Crippen molar-refractivity contribution in [3.8, 4) is 17.2 Å². The van der Waals surface area contributed by atoms with Crippen LogP contribution in [-0.2, 0) is 16.6 Å². The SMILES string of the molecule is C=C1C=C(O)C(C)=C(C)N1C(C)(C)C.C=C1C=C(O)C(C)=CN1C(C)(C)C.C=C1C=C(O)C=C(C)N1C(C)(C)C.Cc1c(O)cc(=O)n(C(C)(C)C)c1C.Cc1cc(O)cc(=O)n1C(C)(C)C.Cc1cn(C(C)(C)C)c(=O)cc1O. The zero-order valence-corrected chi connectivity index (χ0v) is 53.5. The molecule has 0 radical (unpaired) electrons. The number of pyridine rings is 3. The lowest BCUT2D eigenvalue weighted by atomic mass is 9.98. The number of hydrogen-bond donors (Lipinski definition) is 6. The Bertz CT molecular complexity index is 3160. The molecule has 0 aliphatic carbocycles. The molecule has 3 aliphatic rings. The van der Waals surface area contributed by atoms with Crippen LogP contribution >= 0.6 is 0 Å². The largest absolute Gasteiger partial charge is 0.508 e. The molecule has 3 aliphatic heterocycles. The highest BCUT2D eigenvalue weighted by Crippen LogP contribution is 2.34.